The van der Waals surface area contributed by atoms with Crippen molar-refractivity contribution in [1.82, 2.24) is 10.2 Å². The highest BCUT2D eigenvalue weighted by molar-refractivity contribution is 9.10. The molecule has 2 aromatic rings. The Balaban J connectivity index is 1.47. The molecule has 0 spiro atoms. The van der Waals surface area contributed by atoms with Crippen molar-refractivity contribution < 1.29 is 9.90 Å². The molecule has 0 unspecified atom stereocenters. The Kier molecular flexibility index (Phi) is 6.83. The monoisotopic (exact) mass is 416 g/mol. The molecular formula is C21H25BrN2O2. The lowest BCUT2D eigenvalue weighted by atomic mass is 10.1. The Morgan fingerprint density at radius 3 is 2.65 bits per heavy atom. The molecule has 26 heavy (non-hydrogen) atoms. The number of aliphatic hydroxyl groups excluding tert-OH is 1. The van der Waals surface area contributed by atoms with E-state index in [0.717, 1.165) is 16.6 Å². The van der Waals surface area contributed by atoms with E-state index in [1.165, 1.54) is 5.56 Å². The van der Waals surface area contributed by atoms with Gasteiger partial charge in [0.05, 0.1) is 6.10 Å². The van der Waals surface area contributed by atoms with Crippen molar-refractivity contribution in [1.29, 1.82) is 0 Å². The van der Waals surface area contributed by atoms with Crippen molar-refractivity contribution in [2.45, 2.75) is 38.0 Å². The van der Waals surface area contributed by atoms with Crippen molar-refractivity contribution in [2.24, 2.45) is 0 Å². The van der Waals surface area contributed by atoms with Crippen LogP contribution in [0.25, 0.3) is 0 Å². The lowest BCUT2D eigenvalue weighted by Crippen LogP contribution is -2.39. The summed E-state index contributed by atoms with van der Waals surface area (Å²) in [5.74, 6) is 0.0572. The number of hydrogen-bond acceptors (Lipinski definition) is 3. The summed E-state index contributed by atoms with van der Waals surface area (Å²) in [4.78, 5) is 14.5. The average Bonchev–Trinajstić information content (AvgIpc) is 2.99. The minimum Gasteiger partial charge on any atom is -0.392 e. The van der Waals surface area contributed by atoms with E-state index < -0.39 is 0 Å². The van der Waals surface area contributed by atoms with Gasteiger partial charge in [-0.15, -0.1) is 0 Å². The van der Waals surface area contributed by atoms with Gasteiger partial charge in [0, 0.05) is 36.6 Å². The Labute approximate surface area is 163 Å². The van der Waals surface area contributed by atoms with Crippen LogP contribution in [-0.2, 0) is 17.8 Å². The van der Waals surface area contributed by atoms with Crippen LogP contribution in [0.3, 0.4) is 0 Å². The third-order valence-corrected chi connectivity index (χ3v) is 5.62. The van der Waals surface area contributed by atoms with Gasteiger partial charge in [-0.1, -0.05) is 64.5 Å². The van der Waals surface area contributed by atoms with E-state index in [0.29, 0.717) is 32.4 Å². The number of rotatable bonds is 7. The number of aryl methyl sites for hydroxylation is 1. The number of amides is 1. The second kappa shape index (κ2) is 9.31. The van der Waals surface area contributed by atoms with Gasteiger partial charge in [0.1, 0.15) is 0 Å². The van der Waals surface area contributed by atoms with Gasteiger partial charge in [-0.3, -0.25) is 9.69 Å². The molecule has 2 atom stereocenters. The predicted octanol–water partition coefficient (Wildman–Crippen LogP) is 3.13. The fourth-order valence-electron chi connectivity index (χ4n) is 3.45. The first-order valence-electron chi connectivity index (χ1n) is 9.08. The molecule has 1 aliphatic rings. The van der Waals surface area contributed by atoms with Crippen LogP contribution in [0.2, 0.25) is 0 Å². The summed E-state index contributed by atoms with van der Waals surface area (Å²) >= 11 is 3.52. The molecule has 0 aliphatic carbocycles. The summed E-state index contributed by atoms with van der Waals surface area (Å²) in [5.41, 5.74) is 2.37. The van der Waals surface area contributed by atoms with Crippen molar-refractivity contribution in [3.05, 3.63) is 70.2 Å². The highest BCUT2D eigenvalue weighted by Gasteiger charge is 2.30. The van der Waals surface area contributed by atoms with Crippen LogP contribution < -0.4 is 5.32 Å². The maximum atomic E-state index is 12.2. The maximum absolute atomic E-state index is 12.2. The SMILES string of the molecule is O=C(CCc1ccccc1Br)NC[C@@H]1C[C@@H](O)CN1Cc1ccccc1. The average molecular weight is 417 g/mol. The number of carbonyl (C=O) groups excluding carboxylic acids is 1. The number of halogens is 1. The van der Waals surface area contributed by atoms with Crippen molar-refractivity contribution in [3.63, 3.8) is 0 Å². The van der Waals surface area contributed by atoms with Crippen LogP contribution in [-0.4, -0.2) is 41.1 Å². The van der Waals surface area contributed by atoms with Gasteiger partial charge in [-0.2, -0.15) is 0 Å². The molecule has 0 aromatic heterocycles. The topological polar surface area (TPSA) is 52.6 Å². The fraction of sp³-hybridized carbons (Fsp3) is 0.381. The summed E-state index contributed by atoms with van der Waals surface area (Å²) in [6.07, 6.45) is 1.57. The molecule has 0 radical (unpaired) electrons. The van der Waals surface area contributed by atoms with Crippen LogP contribution in [0.1, 0.15) is 24.0 Å². The summed E-state index contributed by atoms with van der Waals surface area (Å²) < 4.78 is 1.04. The minimum absolute atomic E-state index is 0.0572. The third kappa shape index (κ3) is 5.40. The smallest absolute Gasteiger partial charge is 0.220 e. The van der Waals surface area contributed by atoms with Crippen LogP contribution in [0.15, 0.2) is 59.1 Å². The molecule has 2 aromatic carbocycles. The summed E-state index contributed by atoms with van der Waals surface area (Å²) in [6.45, 7) is 2.04. The number of hydrogen-bond donors (Lipinski definition) is 2. The number of β-amino-alcohol motifs (C(OH)–C–C–N with tert-alkyl or cyclic N) is 1. The quantitative estimate of drug-likeness (QED) is 0.728. The van der Waals surface area contributed by atoms with E-state index >= 15 is 0 Å². The highest BCUT2D eigenvalue weighted by atomic mass is 79.9. The second-order valence-electron chi connectivity index (χ2n) is 6.85. The Morgan fingerprint density at radius 1 is 1.15 bits per heavy atom. The maximum Gasteiger partial charge on any atom is 0.220 e. The molecule has 1 aliphatic heterocycles. The zero-order valence-electron chi connectivity index (χ0n) is 14.8. The lowest BCUT2D eigenvalue weighted by Gasteiger charge is -2.24. The summed E-state index contributed by atoms with van der Waals surface area (Å²) in [6, 6.07) is 18.4. The number of carbonyl (C=O) groups is 1. The molecule has 0 bridgehead atoms. The van der Waals surface area contributed by atoms with Crippen molar-refractivity contribution in [2.75, 3.05) is 13.1 Å². The zero-order chi connectivity index (χ0) is 18.4. The van der Waals surface area contributed by atoms with E-state index in [2.05, 4.69) is 38.3 Å². The Hall–Kier alpha value is -1.69. The molecule has 1 heterocycles. The first-order valence-corrected chi connectivity index (χ1v) is 9.87. The molecule has 1 saturated heterocycles. The number of likely N-dealkylation sites (tertiary alicyclic amines) is 1. The second-order valence-corrected chi connectivity index (χ2v) is 7.71. The summed E-state index contributed by atoms with van der Waals surface area (Å²) in [5, 5.41) is 13.1. The van der Waals surface area contributed by atoms with E-state index in [-0.39, 0.29) is 18.1 Å². The fourth-order valence-corrected chi connectivity index (χ4v) is 3.93. The minimum atomic E-state index is -0.319. The zero-order valence-corrected chi connectivity index (χ0v) is 16.4. The predicted molar refractivity (Wildman–Crippen MR) is 107 cm³/mol. The number of benzene rings is 2. The van der Waals surface area contributed by atoms with E-state index in [9.17, 15) is 9.90 Å². The van der Waals surface area contributed by atoms with Gasteiger partial charge < -0.3 is 10.4 Å². The van der Waals surface area contributed by atoms with Crippen LogP contribution in [0.5, 0.6) is 0 Å². The Morgan fingerprint density at radius 2 is 1.88 bits per heavy atom. The lowest BCUT2D eigenvalue weighted by molar-refractivity contribution is -0.121. The van der Waals surface area contributed by atoms with Gasteiger partial charge >= 0.3 is 0 Å². The largest absolute Gasteiger partial charge is 0.392 e. The van der Waals surface area contributed by atoms with Gasteiger partial charge in [0.2, 0.25) is 5.91 Å². The summed E-state index contributed by atoms with van der Waals surface area (Å²) in [7, 11) is 0. The molecule has 1 amide bonds. The van der Waals surface area contributed by atoms with Gasteiger partial charge in [-0.05, 0) is 30.0 Å². The van der Waals surface area contributed by atoms with Gasteiger partial charge in [0.15, 0.2) is 0 Å². The van der Waals surface area contributed by atoms with Crippen LogP contribution in [0, 0.1) is 0 Å². The normalized spacial score (nSPS) is 20.2. The Bertz CT molecular complexity index is 723. The molecule has 3 rings (SSSR count). The number of aliphatic hydroxyl groups is 1. The van der Waals surface area contributed by atoms with Gasteiger partial charge in [0.25, 0.3) is 0 Å². The van der Waals surface area contributed by atoms with E-state index in [4.69, 9.17) is 0 Å². The van der Waals surface area contributed by atoms with E-state index in [1.807, 2.05) is 42.5 Å². The molecule has 138 valence electrons. The van der Waals surface area contributed by atoms with Gasteiger partial charge in [-0.25, -0.2) is 0 Å². The van der Waals surface area contributed by atoms with E-state index in [1.54, 1.807) is 0 Å². The first kappa shape index (κ1) is 19.1. The molecule has 1 fully saturated rings. The molecule has 4 nitrogen and oxygen atoms in total. The third-order valence-electron chi connectivity index (χ3n) is 4.85. The molecule has 0 saturated carbocycles. The number of nitrogens with zero attached hydrogens (tertiary/aromatic N) is 1. The highest BCUT2D eigenvalue weighted by Crippen LogP contribution is 2.20. The molecule has 5 heteroatoms. The van der Waals surface area contributed by atoms with Crippen LogP contribution >= 0.6 is 15.9 Å². The standard InChI is InChI=1S/C21H25BrN2O2/c22-20-9-5-4-8-17(20)10-11-21(26)23-13-18-12-19(25)15-24(18)14-16-6-2-1-3-7-16/h1-9,18-19,25H,10-15H2,(H,23,26)/t18-,19+/m0/s1. The number of nitrogens with one attached hydrogen (secondary N) is 1. The first-order chi connectivity index (χ1) is 12.6. The molecular weight excluding hydrogens is 392 g/mol. The molecule has 2 N–H and O–H groups in total. The van der Waals surface area contributed by atoms with Crippen molar-refractivity contribution >= 4 is 21.8 Å². The van der Waals surface area contributed by atoms with Crippen molar-refractivity contribution in [3.8, 4) is 0 Å². The van der Waals surface area contributed by atoms with Crippen LogP contribution in [0.4, 0.5) is 0 Å².